The lowest BCUT2D eigenvalue weighted by Crippen LogP contribution is -2.39. The molecule has 0 aromatic carbocycles. The Balaban J connectivity index is 2.10. The number of ether oxygens (including phenoxy) is 2. The number of aromatic nitrogens is 1. The quantitative estimate of drug-likeness (QED) is 0.765. The van der Waals surface area contributed by atoms with Crippen molar-refractivity contribution in [2.75, 3.05) is 36.5 Å². The van der Waals surface area contributed by atoms with Crippen LogP contribution in [-0.2, 0) is 14.3 Å². The first kappa shape index (κ1) is 20.0. The molecule has 1 aromatic rings. The Kier molecular flexibility index (Phi) is 6.45. The van der Waals surface area contributed by atoms with E-state index in [4.69, 9.17) is 9.47 Å². The molecular weight excluding hydrogens is 334 g/mol. The summed E-state index contributed by atoms with van der Waals surface area (Å²) in [7, 11) is 1.66. The van der Waals surface area contributed by atoms with Crippen LogP contribution in [0.25, 0.3) is 0 Å². The highest BCUT2D eigenvalue weighted by Gasteiger charge is 2.28. The Labute approximate surface area is 155 Å². The van der Waals surface area contributed by atoms with Crippen LogP contribution in [0.5, 0.6) is 0 Å². The van der Waals surface area contributed by atoms with Crippen LogP contribution in [0.1, 0.15) is 40.5 Å². The van der Waals surface area contributed by atoms with Gasteiger partial charge in [0.1, 0.15) is 5.60 Å². The Morgan fingerprint density at radius 2 is 2.08 bits per heavy atom. The molecule has 0 N–H and O–H groups in total. The summed E-state index contributed by atoms with van der Waals surface area (Å²) in [6, 6.07) is 1.89. The van der Waals surface area contributed by atoms with E-state index in [1.165, 1.54) is 4.90 Å². The summed E-state index contributed by atoms with van der Waals surface area (Å²) in [5.41, 5.74) is 0.970. The second kappa shape index (κ2) is 8.38. The van der Waals surface area contributed by atoms with Crippen molar-refractivity contribution in [3.05, 3.63) is 18.5 Å². The lowest BCUT2D eigenvalue weighted by atomic mass is 9.98. The predicted molar refractivity (Wildman–Crippen MR) is 100 cm³/mol. The number of hydrogen-bond acceptors (Lipinski definition) is 6. The number of carbonyl (C=O) groups excluding carboxylic acids is 2. The molecule has 26 heavy (non-hydrogen) atoms. The van der Waals surface area contributed by atoms with Crippen molar-refractivity contribution in [3.63, 3.8) is 0 Å². The standard InChI is InChI=1S/C19H29N3O4/c1-6-25-17(23)14-8-7-9-22(13-14)16-10-15(11-20-12-16)21(5)18(24)26-19(2,3)4/h10-12,14H,6-9,13H2,1-5H3/t14-/m0/s1. The summed E-state index contributed by atoms with van der Waals surface area (Å²) < 4.78 is 10.6. The van der Waals surface area contributed by atoms with Crippen LogP contribution in [0.2, 0.25) is 0 Å². The zero-order chi connectivity index (χ0) is 19.3. The second-order valence-electron chi connectivity index (χ2n) is 7.48. The fourth-order valence-electron chi connectivity index (χ4n) is 2.87. The molecular formula is C19H29N3O4. The maximum atomic E-state index is 12.3. The molecule has 1 aromatic heterocycles. The van der Waals surface area contributed by atoms with Crippen LogP contribution < -0.4 is 9.80 Å². The van der Waals surface area contributed by atoms with Gasteiger partial charge in [0.15, 0.2) is 0 Å². The van der Waals surface area contributed by atoms with Crippen LogP contribution in [0.15, 0.2) is 18.5 Å². The normalized spacial score (nSPS) is 17.6. The highest BCUT2D eigenvalue weighted by molar-refractivity contribution is 5.87. The molecule has 1 atom stereocenters. The SMILES string of the molecule is CCOC(=O)[C@H]1CCCN(c2cncc(N(C)C(=O)OC(C)(C)C)c2)C1. The first-order valence-electron chi connectivity index (χ1n) is 9.04. The largest absolute Gasteiger partial charge is 0.466 e. The first-order valence-corrected chi connectivity index (χ1v) is 9.04. The average molecular weight is 363 g/mol. The molecule has 1 fully saturated rings. The van der Waals surface area contributed by atoms with Gasteiger partial charge in [0, 0.05) is 20.1 Å². The molecule has 2 heterocycles. The number of hydrogen-bond donors (Lipinski definition) is 0. The molecule has 1 aliphatic heterocycles. The van der Waals surface area contributed by atoms with E-state index in [2.05, 4.69) is 9.88 Å². The number of anilines is 2. The molecule has 0 radical (unpaired) electrons. The third-order valence-corrected chi connectivity index (χ3v) is 4.17. The Bertz CT molecular complexity index is 642. The highest BCUT2D eigenvalue weighted by Crippen LogP contribution is 2.27. The number of esters is 1. The van der Waals surface area contributed by atoms with Gasteiger partial charge in [0.2, 0.25) is 0 Å². The molecule has 0 saturated carbocycles. The number of pyridine rings is 1. The van der Waals surface area contributed by atoms with E-state index >= 15 is 0 Å². The van der Waals surface area contributed by atoms with Crippen molar-refractivity contribution in [2.45, 2.75) is 46.1 Å². The molecule has 1 aliphatic rings. The number of nitrogens with zero attached hydrogens (tertiary/aromatic N) is 3. The van der Waals surface area contributed by atoms with Gasteiger partial charge in [-0.05, 0) is 46.6 Å². The summed E-state index contributed by atoms with van der Waals surface area (Å²) >= 11 is 0. The lowest BCUT2D eigenvalue weighted by Gasteiger charge is -2.33. The monoisotopic (exact) mass is 363 g/mol. The molecule has 144 valence electrons. The Morgan fingerprint density at radius 1 is 1.35 bits per heavy atom. The molecule has 2 rings (SSSR count). The maximum Gasteiger partial charge on any atom is 0.414 e. The molecule has 7 heteroatoms. The molecule has 7 nitrogen and oxygen atoms in total. The van der Waals surface area contributed by atoms with Gasteiger partial charge >= 0.3 is 12.1 Å². The summed E-state index contributed by atoms with van der Waals surface area (Å²) in [6.07, 6.45) is 4.69. The minimum Gasteiger partial charge on any atom is -0.466 e. The van der Waals surface area contributed by atoms with Crippen molar-refractivity contribution >= 4 is 23.4 Å². The molecule has 1 saturated heterocycles. The number of amides is 1. The number of carbonyl (C=O) groups is 2. The van der Waals surface area contributed by atoms with Gasteiger partial charge in [-0.1, -0.05) is 0 Å². The van der Waals surface area contributed by atoms with Crippen molar-refractivity contribution in [1.82, 2.24) is 4.98 Å². The molecule has 0 spiro atoms. The Morgan fingerprint density at radius 3 is 2.73 bits per heavy atom. The topological polar surface area (TPSA) is 72.0 Å². The lowest BCUT2D eigenvalue weighted by molar-refractivity contribution is -0.148. The van der Waals surface area contributed by atoms with E-state index in [1.807, 2.05) is 33.8 Å². The van der Waals surface area contributed by atoms with Gasteiger partial charge in [-0.2, -0.15) is 0 Å². The summed E-state index contributed by atoms with van der Waals surface area (Å²) in [5.74, 6) is -0.275. The van der Waals surface area contributed by atoms with Crippen molar-refractivity contribution in [1.29, 1.82) is 0 Å². The van der Waals surface area contributed by atoms with Gasteiger partial charge in [0.05, 0.1) is 36.3 Å². The molecule has 0 bridgehead atoms. The summed E-state index contributed by atoms with van der Waals surface area (Å²) in [6.45, 7) is 9.15. The zero-order valence-corrected chi connectivity index (χ0v) is 16.3. The van der Waals surface area contributed by atoms with Crippen molar-refractivity contribution in [3.8, 4) is 0 Å². The number of rotatable bonds is 4. The summed E-state index contributed by atoms with van der Waals surface area (Å²) in [4.78, 5) is 32.1. The van der Waals surface area contributed by atoms with Gasteiger partial charge in [-0.25, -0.2) is 4.79 Å². The van der Waals surface area contributed by atoms with E-state index in [1.54, 1.807) is 19.4 Å². The highest BCUT2D eigenvalue weighted by atomic mass is 16.6. The minimum absolute atomic E-state index is 0.129. The smallest absolute Gasteiger partial charge is 0.414 e. The van der Waals surface area contributed by atoms with Crippen molar-refractivity contribution < 1.29 is 19.1 Å². The predicted octanol–water partition coefficient (Wildman–Crippen LogP) is 3.23. The van der Waals surface area contributed by atoms with Crippen LogP contribution in [0, 0.1) is 5.92 Å². The van der Waals surface area contributed by atoms with E-state index in [0.717, 1.165) is 25.1 Å². The van der Waals surface area contributed by atoms with Gasteiger partial charge < -0.3 is 14.4 Å². The maximum absolute atomic E-state index is 12.3. The van der Waals surface area contributed by atoms with Gasteiger partial charge in [-0.3, -0.25) is 14.7 Å². The first-order chi connectivity index (χ1) is 12.2. The van der Waals surface area contributed by atoms with Gasteiger partial charge in [0.25, 0.3) is 0 Å². The summed E-state index contributed by atoms with van der Waals surface area (Å²) in [5, 5.41) is 0. The minimum atomic E-state index is -0.559. The van der Waals surface area contributed by atoms with E-state index < -0.39 is 11.7 Å². The molecule has 1 amide bonds. The zero-order valence-electron chi connectivity index (χ0n) is 16.3. The molecule has 0 aliphatic carbocycles. The third kappa shape index (κ3) is 5.34. The molecule has 0 unspecified atom stereocenters. The van der Waals surface area contributed by atoms with Crippen LogP contribution in [-0.4, -0.2) is 49.4 Å². The second-order valence-corrected chi connectivity index (χ2v) is 7.48. The number of piperidine rings is 1. The third-order valence-electron chi connectivity index (χ3n) is 4.17. The van der Waals surface area contributed by atoms with Crippen molar-refractivity contribution in [2.24, 2.45) is 5.92 Å². The van der Waals surface area contributed by atoms with Crippen LogP contribution in [0.3, 0.4) is 0 Å². The van der Waals surface area contributed by atoms with E-state index in [-0.39, 0.29) is 11.9 Å². The fourth-order valence-corrected chi connectivity index (χ4v) is 2.87. The average Bonchev–Trinajstić information content (AvgIpc) is 2.60. The van der Waals surface area contributed by atoms with E-state index in [0.29, 0.717) is 18.8 Å². The van der Waals surface area contributed by atoms with Crippen LogP contribution in [0.4, 0.5) is 16.2 Å². The van der Waals surface area contributed by atoms with E-state index in [9.17, 15) is 9.59 Å². The van der Waals surface area contributed by atoms with Crippen LogP contribution >= 0.6 is 0 Å². The van der Waals surface area contributed by atoms with Gasteiger partial charge in [-0.15, -0.1) is 0 Å². The Hall–Kier alpha value is -2.31. The fraction of sp³-hybridized carbons (Fsp3) is 0.632.